The standard InChI is InChI=1S/C18H16ClN3OS/c1-13-4-2-3-5-15(13)11-22-17(23)12-24-18(22)21-20-10-14-6-8-16(19)9-7-14/h2-10H,11-12H2,1H3/b20-10-,21-18+. The summed E-state index contributed by atoms with van der Waals surface area (Å²) in [5.41, 5.74) is 3.18. The lowest BCUT2D eigenvalue weighted by molar-refractivity contribution is -0.124. The summed E-state index contributed by atoms with van der Waals surface area (Å²) in [6.45, 7) is 2.56. The molecule has 3 rings (SSSR count). The minimum Gasteiger partial charge on any atom is -0.285 e. The van der Waals surface area contributed by atoms with Crippen molar-refractivity contribution in [3.05, 3.63) is 70.2 Å². The second-order valence-electron chi connectivity index (χ2n) is 5.37. The van der Waals surface area contributed by atoms with Crippen LogP contribution < -0.4 is 0 Å². The zero-order chi connectivity index (χ0) is 16.9. The molecule has 1 fully saturated rings. The van der Waals surface area contributed by atoms with Gasteiger partial charge in [0, 0.05) is 5.02 Å². The van der Waals surface area contributed by atoms with Gasteiger partial charge in [-0.1, -0.05) is 59.8 Å². The van der Waals surface area contributed by atoms with E-state index in [0.717, 1.165) is 16.7 Å². The summed E-state index contributed by atoms with van der Waals surface area (Å²) in [6.07, 6.45) is 1.65. The predicted octanol–water partition coefficient (Wildman–Crippen LogP) is 4.11. The maximum Gasteiger partial charge on any atom is 0.239 e. The van der Waals surface area contributed by atoms with Gasteiger partial charge in [0.25, 0.3) is 0 Å². The summed E-state index contributed by atoms with van der Waals surface area (Å²) < 4.78 is 0. The van der Waals surface area contributed by atoms with Gasteiger partial charge in [-0.3, -0.25) is 9.69 Å². The Hall–Kier alpha value is -2.11. The van der Waals surface area contributed by atoms with Gasteiger partial charge in [0.05, 0.1) is 18.5 Å². The molecule has 2 aromatic rings. The molecule has 1 aliphatic heterocycles. The van der Waals surface area contributed by atoms with E-state index in [4.69, 9.17) is 11.6 Å². The minimum absolute atomic E-state index is 0.0590. The van der Waals surface area contributed by atoms with Crippen LogP contribution in [0, 0.1) is 6.92 Å². The molecule has 1 aliphatic rings. The van der Waals surface area contributed by atoms with Gasteiger partial charge in [-0.25, -0.2) is 0 Å². The molecule has 0 unspecified atom stereocenters. The number of aryl methyl sites for hydroxylation is 1. The molecular weight excluding hydrogens is 342 g/mol. The van der Waals surface area contributed by atoms with E-state index in [1.54, 1.807) is 23.2 Å². The van der Waals surface area contributed by atoms with Crippen LogP contribution in [-0.2, 0) is 11.3 Å². The largest absolute Gasteiger partial charge is 0.285 e. The fourth-order valence-electron chi connectivity index (χ4n) is 2.28. The molecule has 24 heavy (non-hydrogen) atoms. The summed E-state index contributed by atoms with van der Waals surface area (Å²) in [6, 6.07) is 15.4. The Balaban J connectivity index is 1.75. The fourth-order valence-corrected chi connectivity index (χ4v) is 3.24. The molecular formula is C18H16ClN3OS. The molecule has 0 saturated carbocycles. The number of thioether (sulfide) groups is 1. The lowest BCUT2D eigenvalue weighted by Crippen LogP contribution is -2.29. The Morgan fingerprint density at radius 3 is 2.71 bits per heavy atom. The zero-order valence-corrected chi connectivity index (χ0v) is 14.7. The highest BCUT2D eigenvalue weighted by atomic mass is 35.5. The summed E-state index contributed by atoms with van der Waals surface area (Å²) in [5.74, 6) is 0.463. The highest BCUT2D eigenvalue weighted by molar-refractivity contribution is 8.15. The smallest absolute Gasteiger partial charge is 0.239 e. The van der Waals surface area contributed by atoms with Crippen molar-refractivity contribution in [3.63, 3.8) is 0 Å². The summed E-state index contributed by atoms with van der Waals surface area (Å²) in [7, 11) is 0. The van der Waals surface area contributed by atoms with Crippen molar-refractivity contribution in [1.29, 1.82) is 0 Å². The van der Waals surface area contributed by atoms with Gasteiger partial charge < -0.3 is 0 Å². The lowest BCUT2D eigenvalue weighted by Gasteiger charge is -2.16. The van der Waals surface area contributed by atoms with Gasteiger partial charge in [-0.05, 0) is 35.7 Å². The molecule has 2 aromatic carbocycles. The number of hydrogen-bond acceptors (Lipinski definition) is 4. The van der Waals surface area contributed by atoms with Crippen LogP contribution in [0.15, 0.2) is 58.7 Å². The van der Waals surface area contributed by atoms with E-state index in [1.165, 1.54) is 11.8 Å². The predicted molar refractivity (Wildman–Crippen MR) is 101 cm³/mol. The Kier molecular flexibility index (Phi) is 5.33. The number of rotatable bonds is 4. The van der Waals surface area contributed by atoms with Crippen molar-refractivity contribution >= 4 is 40.7 Å². The van der Waals surface area contributed by atoms with Crippen LogP contribution in [0.5, 0.6) is 0 Å². The quantitative estimate of drug-likeness (QED) is 0.610. The number of nitrogens with zero attached hydrogens (tertiary/aromatic N) is 3. The molecule has 0 aromatic heterocycles. The van der Waals surface area contributed by atoms with Crippen molar-refractivity contribution in [2.45, 2.75) is 13.5 Å². The van der Waals surface area contributed by atoms with Gasteiger partial charge in [0.15, 0.2) is 5.17 Å². The number of carbonyl (C=O) groups is 1. The molecule has 1 saturated heterocycles. The second kappa shape index (κ2) is 7.64. The molecule has 0 bridgehead atoms. The van der Waals surface area contributed by atoms with Crippen molar-refractivity contribution < 1.29 is 4.79 Å². The third-order valence-corrected chi connectivity index (χ3v) is 4.87. The van der Waals surface area contributed by atoms with E-state index in [9.17, 15) is 4.79 Å². The second-order valence-corrected chi connectivity index (χ2v) is 6.75. The first-order valence-corrected chi connectivity index (χ1v) is 8.84. The molecule has 0 aliphatic carbocycles. The van der Waals surface area contributed by atoms with Crippen molar-refractivity contribution in [2.24, 2.45) is 10.2 Å². The number of hydrogen-bond donors (Lipinski definition) is 0. The van der Waals surface area contributed by atoms with Gasteiger partial charge in [-0.2, -0.15) is 5.10 Å². The summed E-state index contributed by atoms with van der Waals surface area (Å²) >= 11 is 7.27. The highest BCUT2D eigenvalue weighted by Gasteiger charge is 2.28. The van der Waals surface area contributed by atoms with Crippen LogP contribution >= 0.6 is 23.4 Å². The Morgan fingerprint density at radius 1 is 1.21 bits per heavy atom. The molecule has 122 valence electrons. The SMILES string of the molecule is Cc1ccccc1CN1C(=O)CS/C1=N/N=C\c1ccc(Cl)cc1. The maximum atomic E-state index is 12.1. The first-order chi connectivity index (χ1) is 11.6. The molecule has 0 spiro atoms. The highest BCUT2D eigenvalue weighted by Crippen LogP contribution is 2.23. The number of amides is 1. The number of amidine groups is 1. The first kappa shape index (κ1) is 16.7. The fraction of sp³-hybridized carbons (Fsp3) is 0.167. The van der Waals surface area contributed by atoms with E-state index in [0.29, 0.717) is 22.5 Å². The van der Waals surface area contributed by atoms with Gasteiger partial charge in [0.1, 0.15) is 0 Å². The van der Waals surface area contributed by atoms with Gasteiger partial charge in [-0.15, -0.1) is 5.10 Å². The van der Waals surface area contributed by atoms with E-state index >= 15 is 0 Å². The van der Waals surface area contributed by atoms with Crippen LogP contribution in [0.2, 0.25) is 5.02 Å². The van der Waals surface area contributed by atoms with Crippen LogP contribution in [0.1, 0.15) is 16.7 Å². The number of halogens is 1. The van der Waals surface area contributed by atoms with Crippen LogP contribution in [0.3, 0.4) is 0 Å². The van der Waals surface area contributed by atoms with Crippen molar-refractivity contribution in [1.82, 2.24) is 4.90 Å². The summed E-state index contributed by atoms with van der Waals surface area (Å²) in [4.78, 5) is 13.8. The lowest BCUT2D eigenvalue weighted by atomic mass is 10.1. The number of carbonyl (C=O) groups excluding carboxylic acids is 1. The molecule has 0 radical (unpaired) electrons. The van der Waals surface area contributed by atoms with E-state index in [1.807, 2.05) is 43.3 Å². The summed E-state index contributed by atoms with van der Waals surface area (Å²) in [5, 5.41) is 9.64. The number of benzene rings is 2. The molecule has 4 nitrogen and oxygen atoms in total. The van der Waals surface area contributed by atoms with Crippen LogP contribution in [-0.4, -0.2) is 27.9 Å². The Labute approximate surface area is 150 Å². The van der Waals surface area contributed by atoms with E-state index in [-0.39, 0.29) is 5.91 Å². The molecule has 0 N–H and O–H groups in total. The maximum absolute atomic E-state index is 12.1. The molecule has 0 atom stereocenters. The third kappa shape index (κ3) is 4.04. The molecule has 1 heterocycles. The Morgan fingerprint density at radius 2 is 1.96 bits per heavy atom. The van der Waals surface area contributed by atoms with Crippen LogP contribution in [0.25, 0.3) is 0 Å². The average Bonchev–Trinajstić information content (AvgIpc) is 2.92. The minimum atomic E-state index is 0.0590. The molecule has 6 heteroatoms. The van der Waals surface area contributed by atoms with Crippen molar-refractivity contribution in [2.75, 3.05) is 5.75 Å². The first-order valence-electron chi connectivity index (χ1n) is 7.48. The van der Waals surface area contributed by atoms with Crippen LogP contribution in [0.4, 0.5) is 0 Å². The monoisotopic (exact) mass is 357 g/mol. The zero-order valence-electron chi connectivity index (χ0n) is 13.1. The van der Waals surface area contributed by atoms with E-state index < -0.39 is 0 Å². The van der Waals surface area contributed by atoms with Gasteiger partial charge >= 0.3 is 0 Å². The molecule has 1 amide bonds. The third-order valence-electron chi connectivity index (χ3n) is 3.67. The average molecular weight is 358 g/mol. The van der Waals surface area contributed by atoms with Gasteiger partial charge in [0.2, 0.25) is 5.91 Å². The Bertz CT molecular complexity index is 802. The normalized spacial score (nSPS) is 16.5. The van der Waals surface area contributed by atoms with E-state index in [2.05, 4.69) is 10.2 Å². The van der Waals surface area contributed by atoms with Crippen molar-refractivity contribution in [3.8, 4) is 0 Å². The topological polar surface area (TPSA) is 45.0 Å².